The predicted molar refractivity (Wildman–Crippen MR) is 129 cm³/mol. The fraction of sp³-hybridized carbons (Fsp3) is 0.143. The zero-order valence-corrected chi connectivity index (χ0v) is 18.0. The van der Waals surface area contributed by atoms with Crippen molar-refractivity contribution in [2.75, 3.05) is 11.4 Å². The van der Waals surface area contributed by atoms with E-state index >= 15 is 0 Å². The van der Waals surface area contributed by atoms with E-state index in [0.717, 1.165) is 16.9 Å². The minimum atomic E-state index is -0.379. The highest BCUT2D eigenvalue weighted by Gasteiger charge is 2.35. The van der Waals surface area contributed by atoms with Crippen LogP contribution in [0.5, 0.6) is 0 Å². The molecule has 0 radical (unpaired) electrons. The number of aromatic nitrogens is 2. The molecule has 4 nitrogen and oxygen atoms in total. The number of amides is 1. The van der Waals surface area contributed by atoms with E-state index in [2.05, 4.69) is 41.0 Å². The third kappa shape index (κ3) is 3.46. The number of benzene rings is 4. The van der Waals surface area contributed by atoms with E-state index in [0.29, 0.717) is 25.2 Å². The Morgan fingerprint density at radius 3 is 2.52 bits per heavy atom. The molecule has 2 heterocycles. The Morgan fingerprint density at radius 1 is 0.879 bits per heavy atom. The lowest BCUT2D eigenvalue weighted by atomic mass is 10.1. The maximum absolute atomic E-state index is 14.4. The van der Waals surface area contributed by atoms with Crippen molar-refractivity contribution in [3.8, 4) is 0 Å². The van der Waals surface area contributed by atoms with Gasteiger partial charge in [-0.25, -0.2) is 9.37 Å². The Morgan fingerprint density at radius 2 is 1.64 bits per heavy atom. The van der Waals surface area contributed by atoms with Crippen molar-refractivity contribution in [1.82, 2.24) is 9.55 Å². The summed E-state index contributed by atoms with van der Waals surface area (Å²) in [6.45, 7) is 1.08. The summed E-state index contributed by atoms with van der Waals surface area (Å²) in [7, 11) is 0. The Balaban J connectivity index is 1.40. The number of hydrogen-bond donors (Lipinski definition) is 0. The quantitative estimate of drug-likeness (QED) is 0.353. The highest BCUT2D eigenvalue weighted by atomic mass is 19.1. The fourth-order valence-electron chi connectivity index (χ4n) is 4.88. The maximum atomic E-state index is 14.4. The predicted octanol–water partition coefficient (Wildman–Crippen LogP) is 5.90. The first-order valence-electron chi connectivity index (χ1n) is 11.1. The largest absolute Gasteiger partial charge is 0.323 e. The van der Waals surface area contributed by atoms with E-state index < -0.39 is 0 Å². The first-order chi connectivity index (χ1) is 16.2. The average Bonchev–Trinajstić information content (AvgIpc) is 3.40. The van der Waals surface area contributed by atoms with Gasteiger partial charge in [0.05, 0.1) is 16.7 Å². The van der Waals surface area contributed by atoms with Gasteiger partial charge in [0.2, 0.25) is 5.91 Å². The molecule has 162 valence electrons. The zero-order valence-electron chi connectivity index (χ0n) is 18.0. The molecular weight excluding hydrogens is 413 g/mol. The summed E-state index contributed by atoms with van der Waals surface area (Å²) in [5.41, 5.74) is 3.46. The van der Waals surface area contributed by atoms with Gasteiger partial charge in [-0.05, 0) is 46.7 Å². The molecule has 5 aromatic rings. The first kappa shape index (κ1) is 19.7. The molecule has 4 aromatic carbocycles. The lowest BCUT2D eigenvalue weighted by Gasteiger charge is -2.18. The number of carbonyl (C=O) groups is 1. The second-order valence-electron chi connectivity index (χ2n) is 8.58. The molecule has 1 fully saturated rings. The van der Waals surface area contributed by atoms with Crippen LogP contribution in [0.1, 0.15) is 23.7 Å². The van der Waals surface area contributed by atoms with Crippen LogP contribution in [0.3, 0.4) is 0 Å². The molecule has 5 heteroatoms. The van der Waals surface area contributed by atoms with E-state index in [4.69, 9.17) is 4.98 Å². The van der Waals surface area contributed by atoms with Crippen molar-refractivity contribution in [2.24, 2.45) is 0 Å². The number of rotatable bonds is 4. The monoisotopic (exact) mass is 435 g/mol. The van der Waals surface area contributed by atoms with Gasteiger partial charge in [-0.2, -0.15) is 0 Å². The van der Waals surface area contributed by atoms with Gasteiger partial charge in [-0.1, -0.05) is 60.7 Å². The smallest absolute Gasteiger partial charge is 0.227 e. The molecule has 33 heavy (non-hydrogen) atoms. The maximum Gasteiger partial charge on any atom is 0.227 e. The van der Waals surface area contributed by atoms with Gasteiger partial charge in [0, 0.05) is 25.4 Å². The van der Waals surface area contributed by atoms with E-state index in [1.165, 1.54) is 22.4 Å². The number of nitrogens with zero attached hydrogens (tertiary/aromatic N) is 3. The molecule has 1 aliphatic heterocycles. The summed E-state index contributed by atoms with van der Waals surface area (Å²) in [5.74, 6) is 0.312. The minimum absolute atomic E-state index is 0.0746. The lowest BCUT2D eigenvalue weighted by molar-refractivity contribution is -0.117. The van der Waals surface area contributed by atoms with Crippen LogP contribution in [0.25, 0.3) is 21.8 Å². The molecule has 1 atom stereocenters. The molecule has 0 N–H and O–H groups in total. The number of fused-ring (bicyclic) bond motifs is 2. The Hall–Kier alpha value is -3.99. The van der Waals surface area contributed by atoms with Gasteiger partial charge in [0.1, 0.15) is 11.6 Å². The summed E-state index contributed by atoms with van der Waals surface area (Å²) in [5, 5.41) is 2.40. The van der Waals surface area contributed by atoms with Gasteiger partial charge in [0.25, 0.3) is 0 Å². The van der Waals surface area contributed by atoms with Crippen molar-refractivity contribution in [3.05, 3.63) is 108 Å². The van der Waals surface area contributed by atoms with Crippen LogP contribution in [-0.2, 0) is 11.3 Å². The van der Waals surface area contributed by atoms with Crippen LogP contribution in [-0.4, -0.2) is 22.0 Å². The Bertz CT molecular complexity index is 1510. The molecule has 1 aliphatic rings. The molecule has 0 aliphatic carbocycles. The second kappa shape index (κ2) is 7.85. The van der Waals surface area contributed by atoms with E-state index in [1.807, 2.05) is 30.3 Å². The standard InChI is InChI=1S/C28H22FN3O/c29-23-9-3-5-11-25(23)31-18-22(16-27(31)33)28-30-24-10-4-6-12-26(24)32(28)17-19-13-14-20-7-1-2-8-21(20)15-19/h1-15,22H,16-18H2. The SMILES string of the molecule is O=C1CC(c2nc3ccccc3n2Cc2ccc3ccccc3c2)CN1c1ccccc1F. The zero-order chi connectivity index (χ0) is 22.4. The summed E-state index contributed by atoms with van der Waals surface area (Å²) < 4.78 is 16.6. The van der Waals surface area contributed by atoms with Gasteiger partial charge in [-0.15, -0.1) is 0 Å². The van der Waals surface area contributed by atoms with E-state index in [-0.39, 0.29) is 17.6 Å². The summed E-state index contributed by atoms with van der Waals surface area (Å²) in [4.78, 5) is 19.3. The summed E-state index contributed by atoms with van der Waals surface area (Å²) in [6.07, 6.45) is 0.315. The lowest BCUT2D eigenvalue weighted by Crippen LogP contribution is -2.25. The third-order valence-corrected chi connectivity index (χ3v) is 6.47. The van der Waals surface area contributed by atoms with Crippen molar-refractivity contribution in [1.29, 1.82) is 0 Å². The Labute approximate surface area is 190 Å². The van der Waals surface area contributed by atoms with Crippen LogP contribution < -0.4 is 4.90 Å². The molecule has 6 rings (SSSR count). The molecule has 1 unspecified atom stereocenters. The van der Waals surface area contributed by atoms with E-state index in [9.17, 15) is 9.18 Å². The molecule has 0 spiro atoms. The highest BCUT2D eigenvalue weighted by molar-refractivity contribution is 5.96. The third-order valence-electron chi connectivity index (χ3n) is 6.47. The van der Waals surface area contributed by atoms with Crippen LogP contribution in [0.4, 0.5) is 10.1 Å². The number of para-hydroxylation sites is 3. The van der Waals surface area contributed by atoms with Gasteiger partial charge < -0.3 is 9.47 Å². The Kier molecular flexibility index (Phi) is 4.68. The van der Waals surface area contributed by atoms with Crippen LogP contribution in [0.15, 0.2) is 91.0 Å². The number of carbonyl (C=O) groups excluding carboxylic acids is 1. The number of anilines is 1. The normalized spacial score (nSPS) is 16.2. The number of imidazole rings is 1. The van der Waals surface area contributed by atoms with Gasteiger partial charge in [-0.3, -0.25) is 4.79 Å². The van der Waals surface area contributed by atoms with E-state index in [1.54, 1.807) is 23.1 Å². The number of hydrogen-bond acceptors (Lipinski definition) is 2. The average molecular weight is 436 g/mol. The van der Waals surface area contributed by atoms with Crippen molar-refractivity contribution >= 4 is 33.4 Å². The van der Waals surface area contributed by atoms with Crippen molar-refractivity contribution in [2.45, 2.75) is 18.9 Å². The second-order valence-corrected chi connectivity index (χ2v) is 8.58. The molecule has 1 saturated heterocycles. The topological polar surface area (TPSA) is 38.1 Å². The summed E-state index contributed by atoms with van der Waals surface area (Å²) >= 11 is 0. The van der Waals surface area contributed by atoms with Crippen LogP contribution in [0, 0.1) is 5.82 Å². The van der Waals surface area contributed by atoms with Crippen LogP contribution >= 0.6 is 0 Å². The van der Waals surface area contributed by atoms with Crippen LogP contribution in [0.2, 0.25) is 0 Å². The molecule has 0 bridgehead atoms. The number of halogens is 1. The first-order valence-corrected chi connectivity index (χ1v) is 11.1. The molecule has 1 aromatic heterocycles. The molecule has 1 amide bonds. The van der Waals surface area contributed by atoms with Crippen molar-refractivity contribution in [3.63, 3.8) is 0 Å². The minimum Gasteiger partial charge on any atom is -0.323 e. The highest BCUT2D eigenvalue weighted by Crippen LogP contribution is 2.34. The molecule has 0 saturated carbocycles. The molecular formula is C28H22FN3O. The fourth-order valence-corrected chi connectivity index (χ4v) is 4.88. The van der Waals surface area contributed by atoms with Gasteiger partial charge >= 0.3 is 0 Å². The van der Waals surface area contributed by atoms with Crippen molar-refractivity contribution < 1.29 is 9.18 Å². The summed E-state index contributed by atoms with van der Waals surface area (Å²) in [6, 6.07) is 29.3. The van der Waals surface area contributed by atoms with Gasteiger partial charge in [0.15, 0.2) is 0 Å².